The zero-order valence-electron chi connectivity index (χ0n) is 16.6. The molecule has 0 aliphatic rings. The average Bonchev–Trinajstić information content (AvgIpc) is 3.06. The van der Waals surface area contributed by atoms with Gasteiger partial charge in [0.15, 0.2) is 5.96 Å². The minimum atomic E-state index is -4.68. The fraction of sp³-hybridized carbons (Fsp3) is 0.474. The Kier molecular flexibility index (Phi) is 10.3. The molecular formula is C19H26F3IN4O2. The zero-order valence-corrected chi connectivity index (χ0v) is 18.9. The van der Waals surface area contributed by atoms with E-state index in [1.165, 1.54) is 12.1 Å². The monoisotopic (exact) mass is 526 g/mol. The first kappa shape index (κ1) is 25.1. The summed E-state index contributed by atoms with van der Waals surface area (Å²) in [7, 11) is 1.67. The van der Waals surface area contributed by atoms with Gasteiger partial charge in [0.25, 0.3) is 0 Å². The van der Waals surface area contributed by atoms with Crippen molar-refractivity contribution in [2.75, 3.05) is 13.6 Å². The van der Waals surface area contributed by atoms with Crippen LogP contribution in [0.3, 0.4) is 0 Å². The molecule has 0 radical (unpaired) electrons. The number of aliphatic imine (C=N–C) groups is 1. The van der Waals surface area contributed by atoms with Gasteiger partial charge in [0.2, 0.25) is 0 Å². The molecule has 0 unspecified atom stereocenters. The van der Waals surface area contributed by atoms with Gasteiger partial charge in [-0.05, 0) is 30.5 Å². The van der Waals surface area contributed by atoms with Crippen LogP contribution in [0.4, 0.5) is 13.2 Å². The summed E-state index contributed by atoms with van der Waals surface area (Å²) in [6.07, 6.45) is -2.49. The third-order valence-electron chi connectivity index (χ3n) is 4.13. The van der Waals surface area contributed by atoms with Crippen LogP contribution < -0.4 is 15.4 Å². The fourth-order valence-corrected chi connectivity index (χ4v) is 2.71. The third kappa shape index (κ3) is 8.11. The summed E-state index contributed by atoms with van der Waals surface area (Å²) in [4.78, 5) is 4.18. The van der Waals surface area contributed by atoms with Crippen molar-refractivity contribution in [3.05, 3.63) is 46.8 Å². The topological polar surface area (TPSA) is 71.7 Å². The van der Waals surface area contributed by atoms with Gasteiger partial charge in [-0.25, -0.2) is 0 Å². The first-order chi connectivity index (χ1) is 13.4. The summed E-state index contributed by atoms with van der Waals surface area (Å²) < 4.78 is 45.8. The Bertz CT molecular complexity index is 755. The van der Waals surface area contributed by atoms with Gasteiger partial charge in [0.1, 0.15) is 11.5 Å². The van der Waals surface area contributed by atoms with E-state index in [-0.39, 0.29) is 29.7 Å². The van der Waals surface area contributed by atoms with E-state index in [0.29, 0.717) is 25.5 Å². The Hall–Kier alpha value is -1.98. The van der Waals surface area contributed by atoms with E-state index in [9.17, 15) is 13.2 Å². The molecule has 0 aliphatic heterocycles. The lowest BCUT2D eigenvalue weighted by atomic mass is 10.1. The molecule has 0 aliphatic carbocycles. The Labute approximate surface area is 185 Å². The molecule has 0 bridgehead atoms. The maximum Gasteiger partial charge on any atom is 0.573 e. The van der Waals surface area contributed by atoms with E-state index in [1.54, 1.807) is 19.2 Å². The molecule has 6 nitrogen and oxygen atoms in total. The van der Waals surface area contributed by atoms with E-state index in [4.69, 9.17) is 4.52 Å². The van der Waals surface area contributed by atoms with Crippen molar-refractivity contribution in [3.63, 3.8) is 0 Å². The van der Waals surface area contributed by atoms with Crippen LogP contribution in [0.2, 0.25) is 0 Å². The lowest BCUT2D eigenvalue weighted by Crippen LogP contribution is -2.38. The molecule has 2 N–H and O–H groups in total. The molecule has 162 valence electrons. The lowest BCUT2D eigenvalue weighted by molar-refractivity contribution is -0.274. The highest BCUT2D eigenvalue weighted by Crippen LogP contribution is 2.22. The van der Waals surface area contributed by atoms with Crippen LogP contribution in [-0.2, 0) is 25.8 Å². The number of hydrogen-bond donors (Lipinski definition) is 2. The summed E-state index contributed by atoms with van der Waals surface area (Å²) in [6.45, 7) is 5.17. The molecule has 2 rings (SSSR count). The van der Waals surface area contributed by atoms with Crippen LogP contribution in [0, 0.1) is 0 Å². The molecule has 0 atom stereocenters. The molecule has 29 heavy (non-hydrogen) atoms. The molecule has 1 aromatic heterocycles. The first-order valence-electron chi connectivity index (χ1n) is 9.11. The summed E-state index contributed by atoms with van der Waals surface area (Å²) in [5.74, 6) is 1.26. The van der Waals surface area contributed by atoms with Crippen molar-refractivity contribution in [1.82, 2.24) is 15.8 Å². The molecule has 0 amide bonds. The third-order valence-corrected chi connectivity index (χ3v) is 4.13. The standard InChI is InChI=1S/C19H25F3N4O2.HI/c1-4-16-15(17(5-2)28-26-16)12-25-18(23-3)24-11-10-13-6-8-14(9-7-13)27-19(20,21)22;/h6-9H,4-5,10-12H2,1-3H3,(H2,23,24,25);1H. The first-order valence-corrected chi connectivity index (χ1v) is 9.11. The molecule has 2 aromatic rings. The largest absolute Gasteiger partial charge is 0.573 e. The Balaban J connectivity index is 0.00000420. The van der Waals surface area contributed by atoms with Crippen molar-refractivity contribution in [3.8, 4) is 5.75 Å². The van der Waals surface area contributed by atoms with Gasteiger partial charge in [-0.2, -0.15) is 0 Å². The van der Waals surface area contributed by atoms with Crippen molar-refractivity contribution >= 4 is 29.9 Å². The van der Waals surface area contributed by atoms with Crippen LogP contribution in [0.15, 0.2) is 33.8 Å². The van der Waals surface area contributed by atoms with Crippen molar-refractivity contribution in [2.24, 2.45) is 4.99 Å². The second kappa shape index (κ2) is 11.9. The SMILES string of the molecule is CCc1noc(CC)c1CNC(=NC)NCCc1ccc(OC(F)(F)F)cc1.I. The molecule has 0 saturated heterocycles. The molecule has 1 heterocycles. The van der Waals surface area contributed by atoms with Gasteiger partial charge in [0, 0.05) is 32.1 Å². The molecular weight excluding hydrogens is 500 g/mol. The maximum atomic E-state index is 12.2. The van der Waals surface area contributed by atoms with Gasteiger partial charge in [-0.15, -0.1) is 37.1 Å². The Morgan fingerprint density at radius 1 is 1.14 bits per heavy atom. The number of aromatic nitrogens is 1. The highest BCUT2D eigenvalue weighted by atomic mass is 127. The molecule has 1 aromatic carbocycles. The number of guanidine groups is 1. The number of nitrogens with zero attached hydrogens (tertiary/aromatic N) is 2. The number of benzene rings is 1. The number of ether oxygens (including phenoxy) is 1. The van der Waals surface area contributed by atoms with E-state index in [0.717, 1.165) is 35.4 Å². The Morgan fingerprint density at radius 2 is 1.83 bits per heavy atom. The average molecular weight is 526 g/mol. The Morgan fingerprint density at radius 3 is 2.38 bits per heavy atom. The van der Waals surface area contributed by atoms with Crippen molar-refractivity contribution < 1.29 is 22.4 Å². The number of alkyl halides is 3. The van der Waals surface area contributed by atoms with Gasteiger partial charge >= 0.3 is 6.36 Å². The van der Waals surface area contributed by atoms with Gasteiger partial charge in [-0.1, -0.05) is 31.1 Å². The second-order valence-electron chi connectivity index (χ2n) is 6.03. The smallest absolute Gasteiger partial charge is 0.406 e. The lowest BCUT2D eigenvalue weighted by Gasteiger charge is -2.13. The second-order valence-corrected chi connectivity index (χ2v) is 6.03. The molecule has 10 heteroatoms. The van der Waals surface area contributed by atoms with Crippen molar-refractivity contribution in [2.45, 2.75) is 46.0 Å². The predicted molar refractivity (Wildman–Crippen MR) is 116 cm³/mol. The van der Waals surface area contributed by atoms with E-state index < -0.39 is 6.36 Å². The zero-order chi connectivity index (χ0) is 20.6. The number of halogens is 4. The molecule has 0 fully saturated rings. The van der Waals surface area contributed by atoms with Crippen LogP contribution in [0.1, 0.15) is 36.4 Å². The normalized spacial score (nSPS) is 11.7. The summed E-state index contributed by atoms with van der Waals surface area (Å²) in [6, 6.07) is 5.83. The number of aryl methyl sites for hydroxylation is 2. The number of hydrogen-bond acceptors (Lipinski definition) is 4. The minimum absolute atomic E-state index is 0. The predicted octanol–water partition coefficient (Wildman–Crippen LogP) is 4.22. The van der Waals surface area contributed by atoms with Crippen LogP contribution in [0.5, 0.6) is 5.75 Å². The van der Waals surface area contributed by atoms with E-state index in [2.05, 4.69) is 25.5 Å². The van der Waals surface area contributed by atoms with Crippen LogP contribution in [-0.4, -0.2) is 31.1 Å². The van der Waals surface area contributed by atoms with Crippen LogP contribution >= 0.6 is 24.0 Å². The highest BCUT2D eigenvalue weighted by Gasteiger charge is 2.30. The number of rotatable bonds is 8. The number of nitrogens with one attached hydrogen (secondary N) is 2. The molecule has 0 saturated carbocycles. The van der Waals surface area contributed by atoms with Gasteiger partial charge in [0.05, 0.1) is 5.69 Å². The van der Waals surface area contributed by atoms with Gasteiger partial charge < -0.3 is 19.9 Å². The van der Waals surface area contributed by atoms with E-state index in [1.807, 2.05) is 13.8 Å². The van der Waals surface area contributed by atoms with E-state index >= 15 is 0 Å². The summed E-state index contributed by atoms with van der Waals surface area (Å²) in [5, 5.41) is 10.5. The molecule has 0 spiro atoms. The summed E-state index contributed by atoms with van der Waals surface area (Å²) in [5.41, 5.74) is 2.87. The minimum Gasteiger partial charge on any atom is -0.406 e. The van der Waals surface area contributed by atoms with Gasteiger partial charge in [-0.3, -0.25) is 4.99 Å². The maximum absolute atomic E-state index is 12.2. The van der Waals surface area contributed by atoms with Crippen molar-refractivity contribution in [1.29, 1.82) is 0 Å². The fourth-order valence-electron chi connectivity index (χ4n) is 2.71. The summed E-state index contributed by atoms with van der Waals surface area (Å²) >= 11 is 0. The quantitative estimate of drug-likeness (QED) is 0.306. The van der Waals surface area contributed by atoms with Crippen LogP contribution in [0.25, 0.3) is 0 Å². The highest BCUT2D eigenvalue weighted by molar-refractivity contribution is 14.0.